The van der Waals surface area contributed by atoms with Crippen molar-refractivity contribution in [2.75, 3.05) is 13.2 Å². The average molecular weight is 818 g/mol. The number of carbonyl (C=O) groups is 6. The number of fused-ring (bicyclic) bond motifs is 3. The van der Waals surface area contributed by atoms with E-state index >= 15 is 0 Å². The third kappa shape index (κ3) is 12.6. The maximum atomic E-state index is 14.0. The van der Waals surface area contributed by atoms with Crippen LogP contribution in [0.1, 0.15) is 60.3 Å². The van der Waals surface area contributed by atoms with Crippen molar-refractivity contribution < 1.29 is 43.3 Å². The predicted octanol–water partition coefficient (Wildman–Crippen LogP) is 4.51. The number of hydrogen-bond acceptors (Lipinski definition) is 9. The van der Waals surface area contributed by atoms with Crippen molar-refractivity contribution >= 4 is 35.8 Å². The molecule has 0 radical (unpaired) electrons. The molecule has 0 heterocycles. The third-order valence-electron chi connectivity index (χ3n) is 10.1. The summed E-state index contributed by atoms with van der Waals surface area (Å²) < 4.78 is 11.1. The Morgan fingerprint density at radius 1 is 0.650 bits per heavy atom. The fourth-order valence-corrected chi connectivity index (χ4v) is 6.98. The standard InChI is InChI=1S/C46H51N5O9/c1-2-15-37(42(53)50-40(45(56)57)26-30-16-5-3-6-17-30)48-43(54)38(24-13-14-25-47)49-44(55)39(27-41(52)59-28-31-18-7-4-8-19-31)51-46(58)60-29-36-34-22-11-9-20-32(34)33-21-10-12-23-35(33)36/h2-12,16-23,36-40H,1,13-15,24-29,47H2,(H,48,54)(H,49,55)(H,50,53)(H,51,58)(H,56,57)/t37-,38+,39+,40-/m1/s1. The van der Waals surface area contributed by atoms with Crippen LogP contribution < -0.4 is 27.0 Å². The summed E-state index contributed by atoms with van der Waals surface area (Å²) in [7, 11) is 0. The number of alkyl carbamates (subject to hydrolysis) is 1. The number of carboxylic acid groups (broad SMARTS) is 1. The molecule has 0 fully saturated rings. The maximum Gasteiger partial charge on any atom is 0.407 e. The van der Waals surface area contributed by atoms with Crippen LogP contribution in [0.4, 0.5) is 4.79 Å². The average Bonchev–Trinajstić information content (AvgIpc) is 3.57. The Morgan fingerprint density at radius 3 is 1.78 bits per heavy atom. The Balaban J connectivity index is 1.29. The second-order valence-electron chi connectivity index (χ2n) is 14.4. The Kier molecular flexibility index (Phi) is 16.5. The molecule has 4 aromatic carbocycles. The van der Waals surface area contributed by atoms with Gasteiger partial charge in [-0.05, 0) is 65.6 Å². The highest BCUT2D eigenvalue weighted by Gasteiger charge is 2.34. The number of carboxylic acids is 1. The lowest BCUT2D eigenvalue weighted by atomic mass is 9.98. The molecule has 0 aromatic heterocycles. The van der Waals surface area contributed by atoms with Gasteiger partial charge in [-0.15, -0.1) is 6.58 Å². The summed E-state index contributed by atoms with van der Waals surface area (Å²) in [5, 5.41) is 20.1. The summed E-state index contributed by atoms with van der Waals surface area (Å²) in [6.45, 7) is 3.84. The number of nitrogens with one attached hydrogen (secondary N) is 4. The van der Waals surface area contributed by atoms with Crippen LogP contribution in [0.2, 0.25) is 0 Å². The first kappa shape index (κ1) is 44.3. The van der Waals surface area contributed by atoms with Gasteiger partial charge in [0.25, 0.3) is 0 Å². The number of nitrogens with two attached hydrogens (primary N) is 1. The molecular formula is C46H51N5O9. The zero-order chi connectivity index (χ0) is 42.9. The van der Waals surface area contributed by atoms with E-state index in [0.717, 1.165) is 22.3 Å². The minimum atomic E-state index is -1.53. The Hall–Kier alpha value is -6.80. The van der Waals surface area contributed by atoms with E-state index in [4.69, 9.17) is 15.2 Å². The van der Waals surface area contributed by atoms with Crippen LogP contribution in [0.5, 0.6) is 0 Å². The molecule has 0 bridgehead atoms. The van der Waals surface area contributed by atoms with Crippen LogP contribution in [0, 0.1) is 0 Å². The quantitative estimate of drug-likeness (QED) is 0.0371. The molecule has 60 heavy (non-hydrogen) atoms. The van der Waals surface area contributed by atoms with Gasteiger partial charge < -0.3 is 41.6 Å². The molecule has 4 aromatic rings. The maximum absolute atomic E-state index is 14.0. The molecule has 0 aliphatic heterocycles. The summed E-state index contributed by atoms with van der Waals surface area (Å²) in [5.41, 5.74) is 11.1. The molecule has 14 nitrogen and oxygen atoms in total. The predicted molar refractivity (Wildman–Crippen MR) is 224 cm³/mol. The monoisotopic (exact) mass is 817 g/mol. The second kappa shape index (κ2) is 22.4. The molecule has 0 unspecified atom stereocenters. The number of hydrogen-bond donors (Lipinski definition) is 6. The van der Waals surface area contributed by atoms with Gasteiger partial charge in [-0.2, -0.15) is 0 Å². The SMILES string of the molecule is C=CC[C@@H](NC(=O)[C@H](CCCCN)NC(=O)[C@H](CC(=O)OCc1ccccc1)NC(=O)OCC1c2ccccc2-c2ccccc21)C(=O)N[C@H](Cc1ccccc1)C(=O)O. The smallest absolute Gasteiger partial charge is 0.407 e. The topological polar surface area (TPSA) is 215 Å². The molecule has 0 saturated carbocycles. The van der Waals surface area contributed by atoms with Crippen LogP contribution in [0.15, 0.2) is 122 Å². The Bertz CT molecular complexity index is 2070. The van der Waals surface area contributed by atoms with E-state index in [-0.39, 0.29) is 38.4 Å². The largest absolute Gasteiger partial charge is 0.480 e. The first-order chi connectivity index (χ1) is 29.1. The van der Waals surface area contributed by atoms with Gasteiger partial charge in [-0.1, -0.05) is 115 Å². The molecular weight excluding hydrogens is 767 g/mol. The fourth-order valence-electron chi connectivity index (χ4n) is 6.98. The number of amides is 4. The van der Waals surface area contributed by atoms with Gasteiger partial charge in [-0.25, -0.2) is 9.59 Å². The number of rotatable bonds is 22. The molecule has 4 atom stereocenters. The number of carbonyl (C=O) groups excluding carboxylic acids is 5. The molecule has 314 valence electrons. The van der Waals surface area contributed by atoms with Gasteiger partial charge >= 0.3 is 18.0 Å². The molecule has 5 rings (SSSR count). The molecule has 14 heteroatoms. The highest BCUT2D eigenvalue weighted by molar-refractivity contribution is 5.96. The second-order valence-corrected chi connectivity index (χ2v) is 14.4. The van der Waals surface area contributed by atoms with Crippen LogP contribution in [-0.4, -0.2) is 78.2 Å². The minimum Gasteiger partial charge on any atom is -0.480 e. The van der Waals surface area contributed by atoms with E-state index in [2.05, 4.69) is 27.8 Å². The van der Waals surface area contributed by atoms with Crippen LogP contribution in [-0.2, 0) is 46.5 Å². The van der Waals surface area contributed by atoms with Crippen molar-refractivity contribution in [2.24, 2.45) is 5.73 Å². The van der Waals surface area contributed by atoms with Crippen LogP contribution in [0.3, 0.4) is 0 Å². The van der Waals surface area contributed by atoms with Gasteiger partial charge in [0.15, 0.2) is 0 Å². The van der Waals surface area contributed by atoms with Crippen LogP contribution >= 0.6 is 0 Å². The summed E-state index contributed by atoms with van der Waals surface area (Å²) in [4.78, 5) is 80.0. The van der Waals surface area contributed by atoms with Gasteiger partial charge in [0.05, 0.1) is 6.42 Å². The van der Waals surface area contributed by atoms with Gasteiger partial charge in [0, 0.05) is 12.3 Å². The lowest BCUT2D eigenvalue weighted by molar-refractivity contribution is -0.147. The van der Waals surface area contributed by atoms with E-state index in [1.807, 2.05) is 54.6 Å². The highest BCUT2D eigenvalue weighted by atomic mass is 16.5. The molecule has 4 amide bonds. The zero-order valence-corrected chi connectivity index (χ0v) is 33.2. The lowest BCUT2D eigenvalue weighted by Gasteiger charge is -2.26. The Morgan fingerprint density at radius 2 is 1.18 bits per heavy atom. The third-order valence-corrected chi connectivity index (χ3v) is 10.1. The lowest BCUT2D eigenvalue weighted by Crippen LogP contribution is -2.58. The van der Waals surface area contributed by atoms with Crippen LogP contribution in [0.25, 0.3) is 11.1 Å². The summed E-state index contributed by atoms with van der Waals surface area (Å²) >= 11 is 0. The molecule has 1 aliphatic rings. The van der Waals surface area contributed by atoms with Gasteiger partial charge in [-0.3, -0.25) is 19.2 Å². The number of aliphatic carboxylic acids is 1. The summed E-state index contributed by atoms with van der Waals surface area (Å²) in [5.74, 6) is -4.75. The van der Waals surface area contributed by atoms with Gasteiger partial charge in [0.1, 0.15) is 37.4 Å². The van der Waals surface area contributed by atoms with Gasteiger partial charge in [0.2, 0.25) is 17.7 Å². The van der Waals surface area contributed by atoms with Crippen molar-refractivity contribution in [1.29, 1.82) is 0 Å². The van der Waals surface area contributed by atoms with Crippen molar-refractivity contribution in [3.05, 3.63) is 144 Å². The fraction of sp³-hybridized carbons (Fsp3) is 0.304. The summed E-state index contributed by atoms with van der Waals surface area (Å²) in [6.07, 6.45) is 0.757. The Labute approximate surface area is 348 Å². The van der Waals surface area contributed by atoms with Crippen molar-refractivity contribution in [1.82, 2.24) is 21.3 Å². The molecule has 7 N–H and O–H groups in total. The number of ether oxygens (including phenoxy) is 2. The molecule has 0 spiro atoms. The van der Waals surface area contributed by atoms with Crippen molar-refractivity contribution in [2.45, 2.75) is 75.2 Å². The minimum absolute atomic E-state index is 0.000285. The molecule has 1 aliphatic carbocycles. The normalized spacial score (nSPS) is 13.6. The van der Waals surface area contributed by atoms with E-state index in [9.17, 15) is 33.9 Å². The van der Waals surface area contributed by atoms with E-state index in [1.165, 1.54) is 6.08 Å². The number of unbranched alkanes of at least 4 members (excludes halogenated alkanes) is 1. The molecule has 0 saturated heterocycles. The first-order valence-electron chi connectivity index (χ1n) is 19.9. The number of benzene rings is 4. The first-order valence-corrected chi connectivity index (χ1v) is 19.9. The van der Waals surface area contributed by atoms with Crippen molar-refractivity contribution in [3.8, 4) is 11.1 Å². The van der Waals surface area contributed by atoms with E-state index < -0.39 is 66.3 Å². The highest BCUT2D eigenvalue weighted by Crippen LogP contribution is 2.44. The van der Waals surface area contributed by atoms with Crippen molar-refractivity contribution in [3.63, 3.8) is 0 Å². The number of esters is 1. The zero-order valence-electron chi connectivity index (χ0n) is 33.2. The summed E-state index contributed by atoms with van der Waals surface area (Å²) in [6, 6.07) is 28.0. The van der Waals surface area contributed by atoms with E-state index in [1.54, 1.807) is 54.6 Å². The van der Waals surface area contributed by atoms with E-state index in [0.29, 0.717) is 30.5 Å².